The second-order valence-corrected chi connectivity index (χ2v) is 6.23. The number of ether oxygens (including phenoxy) is 1. The molecule has 1 aromatic carbocycles. The van der Waals surface area contributed by atoms with E-state index >= 15 is 0 Å². The Morgan fingerprint density at radius 3 is 2.50 bits per heavy atom. The van der Waals surface area contributed by atoms with Gasteiger partial charge in [0.05, 0.1) is 6.10 Å². The van der Waals surface area contributed by atoms with Crippen molar-refractivity contribution in [1.82, 2.24) is 10.2 Å². The van der Waals surface area contributed by atoms with E-state index in [0.717, 1.165) is 23.3 Å². The number of unbranched alkanes of at least 4 members (excludes halogenated alkanes) is 1. The van der Waals surface area contributed by atoms with Crippen LogP contribution in [0.1, 0.15) is 45.6 Å². The Labute approximate surface area is 142 Å². The van der Waals surface area contributed by atoms with Gasteiger partial charge in [-0.3, -0.25) is 14.5 Å². The number of benzene rings is 1. The lowest BCUT2D eigenvalue weighted by Crippen LogP contribution is -2.44. The molecule has 3 amide bonds. The van der Waals surface area contributed by atoms with Gasteiger partial charge in [0.15, 0.2) is 0 Å². The average molecular weight is 332 g/mol. The Bertz CT molecular complexity index is 615. The summed E-state index contributed by atoms with van der Waals surface area (Å²) >= 11 is 0. The molecule has 1 fully saturated rings. The molecule has 6 heteroatoms. The van der Waals surface area contributed by atoms with E-state index in [4.69, 9.17) is 4.74 Å². The summed E-state index contributed by atoms with van der Waals surface area (Å²) in [7, 11) is 0. The minimum atomic E-state index is -1.10. The maximum absolute atomic E-state index is 13.0. The summed E-state index contributed by atoms with van der Waals surface area (Å²) < 4.78 is 5.05. The summed E-state index contributed by atoms with van der Waals surface area (Å²) in [6.45, 7) is 5.10. The molecule has 0 bridgehead atoms. The molecule has 24 heavy (non-hydrogen) atoms. The van der Waals surface area contributed by atoms with Crippen molar-refractivity contribution in [3.8, 4) is 0 Å². The van der Waals surface area contributed by atoms with Crippen LogP contribution in [0.15, 0.2) is 30.3 Å². The number of urea groups is 1. The van der Waals surface area contributed by atoms with Crippen molar-refractivity contribution in [1.29, 1.82) is 0 Å². The van der Waals surface area contributed by atoms with Gasteiger partial charge in [0.1, 0.15) is 12.1 Å². The van der Waals surface area contributed by atoms with E-state index in [1.54, 1.807) is 13.8 Å². The number of carbonyl (C=O) groups excluding carboxylic acids is 3. The molecule has 2 rings (SSSR count). The van der Waals surface area contributed by atoms with Crippen LogP contribution in [-0.2, 0) is 19.9 Å². The lowest BCUT2D eigenvalue weighted by molar-refractivity contribution is -0.151. The molecule has 0 radical (unpaired) electrons. The molecule has 0 saturated carbocycles. The molecule has 1 aliphatic rings. The lowest BCUT2D eigenvalue weighted by Gasteiger charge is -2.27. The van der Waals surface area contributed by atoms with E-state index in [1.807, 2.05) is 37.3 Å². The van der Waals surface area contributed by atoms with Gasteiger partial charge in [-0.25, -0.2) is 4.79 Å². The summed E-state index contributed by atoms with van der Waals surface area (Å²) in [4.78, 5) is 38.2. The van der Waals surface area contributed by atoms with Gasteiger partial charge in [-0.1, -0.05) is 50.1 Å². The number of rotatable bonds is 7. The zero-order chi connectivity index (χ0) is 17.7. The van der Waals surface area contributed by atoms with Crippen LogP contribution in [0.3, 0.4) is 0 Å². The zero-order valence-electron chi connectivity index (χ0n) is 14.4. The standard InChI is InChI=1S/C18H24N2O4/c1-4-5-11-18(14-9-7-6-8-10-14)16(22)20(17(23)19-18)12-15(21)24-13(2)3/h6-10,13H,4-5,11-12H2,1-3H3,(H,19,23). The molecule has 6 nitrogen and oxygen atoms in total. The smallest absolute Gasteiger partial charge is 0.326 e. The minimum Gasteiger partial charge on any atom is -0.462 e. The van der Waals surface area contributed by atoms with Crippen molar-refractivity contribution in [3.63, 3.8) is 0 Å². The van der Waals surface area contributed by atoms with Gasteiger partial charge in [0.25, 0.3) is 5.91 Å². The molecule has 1 atom stereocenters. The van der Waals surface area contributed by atoms with Crippen molar-refractivity contribution in [3.05, 3.63) is 35.9 Å². The zero-order valence-corrected chi connectivity index (χ0v) is 14.4. The number of carbonyl (C=O) groups is 3. The van der Waals surface area contributed by atoms with Gasteiger partial charge in [0, 0.05) is 0 Å². The van der Waals surface area contributed by atoms with Crippen LogP contribution in [-0.4, -0.2) is 35.5 Å². The maximum Gasteiger partial charge on any atom is 0.326 e. The van der Waals surface area contributed by atoms with E-state index < -0.39 is 23.4 Å². The Hall–Kier alpha value is -2.37. The van der Waals surface area contributed by atoms with Gasteiger partial charge in [0.2, 0.25) is 0 Å². The normalized spacial score (nSPS) is 20.4. The Kier molecular flexibility index (Phi) is 5.59. The van der Waals surface area contributed by atoms with Gasteiger partial charge in [-0.05, 0) is 25.8 Å². The number of hydrogen-bond acceptors (Lipinski definition) is 4. The first-order valence-corrected chi connectivity index (χ1v) is 8.30. The molecular weight excluding hydrogens is 308 g/mol. The van der Waals surface area contributed by atoms with Crippen LogP contribution >= 0.6 is 0 Å². The van der Waals surface area contributed by atoms with Crippen LogP contribution in [0, 0.1) is 0 Å². The second-order valence-electron chi connectivity index (χ2n) is 6.23. The maximum atomic E-state index is 13.0. The van der Waals surface area contributed by atoms with Crippen molar-refractivity contribution in [2.75, 3.05) is 6.54 Å². The first-order chi connectivity index (χ1) is 11.4. The number of hydrogen-bond donors (Lipinski definition) is 1. The molecular formula is C18H24N2O4. The van der Waals surface area contributed by atoms with E-state index in [9.17, 15) is 14.4 Å². The fourth-order valence-corrected chi connectivity index (χ4v) is 2.87. The topological polar surface area (TPSA) is 75.7 Å². The molecule has 1 saturated heterocycles. The fourth-order valence-electron chi connectivity index (χ4n) is 2.87. The monoisotopic (exact) mass is 332 g/mol. The third kappa shape index (κ3) is 3.58. The second kappa shape index (κ2) is 7.47. The quantitative estimate of drug-likeness (QED) is 0.615. The highest BCUT2D eigenvalue weighted by molar-refractivity contribution is 6.09. The van der Waals surface area contributed by atoms with Gasteiger partial charge >= 0.3 is 12.0 Å². The molecule has 1 aliphatic heterocycles. The molecule has 1 unspecified atom stereocenters. The minimum absolute atomic E-state index is 0.294. The van der Waals surface area contributed by atoms with Gasteiger partial charge in [-0.15, -0.1) is 0 Å². The highest BCUT2D eigenvalue weighted by atomic mass is 16.5. The third-order valence-electron chi connectivity index (χ3n) is 4.00. The number of amides is 3. The van der Waals surface area contributed by atoms with Gasteiger partial charge in [-0.2, -0.15) is 0 Å². The molecule has 1 aromatic rings. The van der Waals surface area contributed by atoms with E-state index in [1.165, 1.54) is 0 Å². The molecule has 0 spiro atoms. The summed E-state index contributed by atoms with van der Waals surface area (Å²) in [6.07, 6.45) is 1.88. The third-order valence-corrected chi connectivity index (χ3v) is 4.00. The Morgan fingerprint density at radius 2 is 1.92 bits per heavy atom. The van der Waals surface area contributed by atoms with Crippen LogP contribution in [0.4, 0.5) is 4.79 Å². The average Bonchev–Trinajstić information content (AvgIpc) is 2.78. The van der Waals surface area contributed by atoms with Crippen LogP contribution < -0.4 is 5.32 Å². The van der Waals surface area contributed by atoms with Crippen LogP contribution in [0.25, 0.3) is 0 Å². The number of nitrogens with one attached hydrogen (secondary N) is 1. The molecule has 1 heterocycles. The van der Waals surface area contributed by atoms with Crippen molar-refractivity contribution >= 4 is 17.9 Å². The number of imide groups is 1. The van der Waals surface area contributed by atoms with E-state index in [0.29, 0.717) is 6.42 Å². The highest BCUT2D eigenvalue weighted by Gasteiger charge is 2.52. The van der Waals surface area contributed by atoms with Gasteiger partial charge < -0.3 is 10.1 Å². The SMILES string of the molecule is CCCCC1(c2ccccc2)NC(=O)N(CC(=O)OC(C)C)C1=O. The summed E-state index contributed by atoms with van der Waals surface area (Å²) in [5.74, 6) is -0.985. The largest absolute Gasteiger partial charge is 0.462 e. The molecule has 0 aromatic heterocycles. The molecule has 1 N–H and O–H groups in total. The fraction of sp³-hybridized carbons (Fsp3) is 0.500. The summed E-state index contributed by atoms with van der Waals surface area (Å²) in [6, 6.07) is 8.61. The number of nitrogens with zero attached hydrogens (tertiary/aromatic N) is 1. The predicted molar refractivity (Wildman–Crippen MR) is 89.1 cm³/mol. The van der Waals surface area contributed by atoms with E-state index in [-0.39, 0.29) is 12.6 Å². The first kappa shape index (κ1) is 18.0. The molecule has 130 valence electrons. The van der Waals surface area contributed by atoms with Crippen LogP contribution in [0.5, 0.6) is 0 Å². The summed E-state index contributed by atoms with van der Waals surface area (Å²) in [5, 5.41) is 2.81. The molecule has 0 aliphatic carbocycles. The summed E-state index contributed by atoms with van der Waals surface area (Å²) in [5.41, 5.74) is -0.372. The van der Waals surface area contributed by atoms with Crippen LogP contribution in [0.2, 0.25) is 0 Å². The number of esters is 1. The van der Waals surface area contributed by atoms with Crippen molar-refractivity contribution in [2.45, 2.75) is 51.7 Å². The Balaban J connectivity index is 2.28. The Morgan fingerprint density at radius 1 is 1.25 bits per heavy atom. The predicted octanol–water partition coefficient (Wildman–Crippen LogP) is 2.58. The van der Waals surface area contributed by atoms with Crippen molar-refractivity contribution in [2.24, 2.45) is 0 Å². The van der Waals surface area contributed by atoms with Crippen molar-refractivity contribution < 1.29 is 19.1 Å². The lowest BCUT2D eigenvalue weighted by atomic mass is 9.85. The van der Waals surface area contributed by atoms with E-state index in [2.05, 4.69) is 5.32 Å². The highest BCUT2D eigenvalue weighted by Crippen LogP contribution is 2.34. The first-order valence-electron chi connectivity index (χ1n) is 8.30.